The summed E-state index contributed by atoms with van der Waals surface area (Å²) in [6.07, 6.45) is 2.33. The highest BCUT2D eigenvalue weighted by Crippen LogP contribution is 2.03. The van der Waals surface area contributed by atoms with Gasteiger partial charge in [-0.3, -0.25) is 4.98 Å². The molecule has 1 rings (SSSR count). The number of nitrogens with one attached hydrogen (secondary N) is 1. The molecule has 0 saturated carbocycles. The summed E-state index contributed by atoms with van der Waals surface area (Å²) in [5.74, 6) is 0.0304. The molecule has 0 aliphatic carbocycles. The Labute approximate surface area is 87.4 Å². The van der Waals surface area contributed by atoms with E-state index in [1.54, 1.807) is 23.0 Å². The molecule has 0 aliphatic rings. The van der Waals surface area contributed by atoms with E-state index in [2.05, 4.69) is 10.3 Å². The molecule has 7 heteroatoms. The fourth-order valence-corrected chi connectivity index (χ4v) is 2.05. The lowest BCUT2D eigenvalue weighted by molar-refractivity contribution is 0.590. The van der Waals surface area contributed by atoms with Crippen LogP contribution in [0.1, 0.15) is 11.3 Å². The molecule has 0 amide bonds. The van der Waals surface area contributed by atoms with Crippen LogP contribution in [0.25, 0.3) is 0 Å². The van der Waals surface area contributed by atoms with Crippen molar-refractivity contribution in [1.29, 1.82) is 0 Å². The van der Waals surface area contributed by atoms with Crippen LogP contribution >= 0.6 is 11.3 Å². The van der Waals surface area contributed by atoms with Crippen LogP contribution in [0.15, 0.2) is 11.7 Å². The van der Waals surface area contributed by atoms with E-state index in [0.29, 0.717) is 13.0 Å². The fourth-order valence-electron chi connectivity index (χ4n) is 0.939. The molecule has 0 saturated heterocycles. The van der Waals surface area contributed by atoms with E-state index >= 15 is 0 Å². The average molecular weight is 235 g/mol. The van der Waals surface area contributed by atoms with Crippen LogP contribution < -0.4 is 10.5 Å². The van der Waals surface area contributed by atoms with Crippen LogP contribution in [0, 0.1) is 0 Å². The molecule has 3 N–H and O–H groups in total. The van der Waals surface area contributed by atoms with Crippen molar-refractivity contribution in [2.24, 2.45) is 5.14 Å². The molecule has 1 heterocycles. The van der Waals surface area contributed by atoms with Crippen LogP contribution in [0.4, 0.5) is 0 Å². The van der Waals surface area contributed by atoms with E-state index in [1.807, 2.05) is 0 Å². The van der Waals surface area contributed by atoms with Gasteiger partial charge >= 0.3 is 0 Å². The van der Waals surface area contributed by atoms with E-state index < -0.39 is 10.0 Å². The SMILES string of the molecule is NS(=O)(=O)CCCNCc1cncs1. The molecule has 14 heavy (non-hydrogen) atoms. The molecule has 0 spiro atoms. The minimum atomic E-state index is -3.31. The van der Waals surface area contributed by atoms with Gasteiger partial charge in [-0.15, -0.1) is 11.3 Å². The highest BCUT2D eigenvalue weighted by Gasteiger charge is 2.01. The highest BCUT2D eigenvalue weighted by atomic mass is 32.2. The van der Waals surface area contributed by atoms with Gasteiger partial charge in [0.1, 0.15) is 0 Å². The molecule has 0 atom stereocenters. The van der Waals surface area contributed by atoms with Gasteiger partial charge in [0.25, 0.3) is 0 Å². The fraction of sp³-hybridized carbons (Fsp3) is 0.571. The van der Waals surface area contributed by atoms with Gasteiger partial charge in [0.05, 0.1) is 11.3 Å². The maximum absolute atomic E-state index is 10.6. The van der Waals surface area contributed by atoms with Gasteiger partial charge in [0.15, 0.2) is 0 Å². The number of thiazole rings is 1. The Kier molecular flexibility index (Phi) is 4.46. The Balaban J connectivity index is 2.06. The number of nitrogens with two attached hydrogens (primary N) is 1. The standard InChI is InChI=1S/C7H13N3O2S2/c8-14(11,12)3-1-2-9-4-7-5-10-6-13-7/h5-6,9H,1-4H2,(H2,8,11,12). The summed E-state index contributed by atoms with van der Waals surface area (Å²) in [6.45, 7) is 1.38. The molecule has 0 aromatic carbocycles. The van der Waals surface area contributed by atoms with Crippen molar-refractivity contribution >= 4 is 21.4 Å². The Bertz CT molecular complexity index is 347. The first-order chi connectivity index (χ1) is 6.58. The summed E-state index contributed by atoms with van der Waals surface area (Å²) in [7, 11) is -3.31. The van der Waals surface area contributed by atoms with Gasteiger partial charge in [-0.05, 0) is 13.0 Å². The minimum absolute atomic E-state index is 0.0304. The van der Waals surface area contributed by atoms with Gasteiger partial charge in [-0.2, -0.15) is 0 Å². The predicted octanol–water partition coefficient (Wildman–Crippen LogP) is -0.0887. The third-order valence-electron chi connectivity index (χ3n) is 1.57. The zero-order valence-corrected chi connectivity index (χ0v) is 9.27. The maximum Gasteiger partial charge on any atom is 0.209 e. The highest BCUT2D eigenvalue weighted by molar-refractivity contribution is 7.89. The Morgan fingerprint density at radius 3 is 2.93 bits per heavy atom. The lowest BCUT2D eigenvalue weighted by Crippen LogP contribution is -2.21. The molecule has 5 nitrogen and oxygen atoms in total. The van der Waals surface area contributed by atoms with E-state index in [9.17, 15) is 8.42 Å². The number of primary sulfonamides is 1. The topological polar surface area (TPSA) is 85.1 Å². The lowest BCUT2D eigenvalue weighted by atomic mass is 10.4. The van der Waals surface area contributed by atoms with E-state index in [-0.39, 0.29) is 5.75 Å². The van der Waals surface area contributed by atoms with Crippen LogP contribution in [0.5, 0.6) is 0 Å². The predicted molar refractivity (Wildman–Crippen MR) is 56.4 cm³/mol. The van der Waals surface area contributed by atoms with E-state index in [0.717, 1.165) is 11.4 Å². The third kappa shape index (κ3) is 5.28. The number of aromatic nitrogens is 1. The second-order valence-electron chi connectivity index (χ2n) is 2.87. The molecular formula is C7H13N3O2S2. The molecule has 0 bridgehead atoms. The smallest absolute Gasteiger partial charge is 0.209 e. The summed E-state index contributed by atoms with van der Waals surface area (Å²) in [4.78, 5) is 5.06. The zero-order chi connectivity index (χ0) is 10.4. The number of sulfonamides is 1. The quantitative estimate of drug-likeness (QED) is 0.675. The van der Waals surface area contributed by atoms with Gasteiger partial charge < -0.3 is 5.32 Å². The van der Waals surface area contributed by atoms with Crippen molar-refractivity contribution in [1.82, 2.24) is 10.3 Å². The van der Waals surface area contributed by atoms with Gasteiger partial charge in [-0.25, -0.2) is 13.6 Å². The molecule has 0 aliphatic heterocycles. The molecule has 0 unspecified atom stereocenters. The zero-order valence-electron chi connectivity index (χ0n) is 7.64. The first-order valence-electron chi connectivity index (χ1n) is 4.16. The normalized spacial score (nSPS) is 11.8. The van der Waals surface area contributed by atoms with Crippen LogP contribution in [0.2, 0.25) is 0 Å². The number of nitrogens with zero attached hydrogens (tertiary/aromatic N) is 1. The molecular weight excluding hydrogens is 222 g/mol. The van der Waals surface area contributed by atoms with Crippen LogP contribution in [-0.2, 0) is 16.6 Å². The summed E-state index contributed by atoms with van der Waals surface area (Å²) < 4.78 is 21.1. The van der Waals surface area contributed by atoms with Crippen molar-refractivity contribution < 1.29 is 8.42 Å². The summed E-state index contributed by atoms with van der Waals surface area (Å²) in [6, 6.07) is 0. The van der Waals surface area contributed by atoms with Crippen molar-refractivity contribution in [2.75, 3.05) is 12.3 Å². The molecule has 1 aromatic heterocycles. The average Bonchev–Trinajstić information content (AvgIpc) is 2.54. The number of hydrogen-bond donors (Lipinski definition) is 2. The number of hydrogen-bond acceptors (Lipinski definition) is 5. The van der Waals surface area contributed by atoms with Crippen molar-refractivity contribution in [3.05, 3.63) is 16.6 Å². The summed E-state index contributed by atoms with van der Waals surface area (Å²) in [5.41, 5.74) is 1.77. The third-order valence-corrected chi connectivity index (χ3v) is 3.20. The first kappa shape index (κ1) is 11.6. The monoisotopic (exact) mass is 235 g/mol. The largest absolute Gasteiger partial charge is 0.312 e. The Morgan fingerprint density at radius 1 is 1.57 bits per heavy atom. The van der Waals surface area contributed by atoms with Crippen molar-refractivity contribution in [2.45, 2.75) is 13.0 Å². The first-order valence-corrected chi connectivity index (χ1v) is 6.76. The van der Waals surface area contributed by atoms with Crippen LogP contribution in [0.3, 0.4) is 0 Å². The Hall–Kier alpha value is -0.500. The minimum Gasteiger partial charge on any atom is -0.312 e. The molecule has 0 radical (unpaired) electrons. The van der Waals surface area contributed by atoms with E-state index in [4.69, 9.17) is 5.14 Å². The second kappa shape index (κ2) is 5.40. The second-order valence-corrected chi connectivity index (χ2v) is 5.57. The lowest BCUT2D eigenvalue weighted by Gasteiger charge is -2.01. The van der Waals surface area contributed by atoms with Gasteiger partial charge in [-0.1, -0.05) is 0 Å². The van der Waals surface area contributed by atoms with Gasteiger partial charge in [0.2, 0.25) is 10.0 Å². The van der Waals surface area contributed by atoms with E-state index in [1.165, 1.54) is 0 Å². The molecule has 80 valence electrons. The maximum atomic E-state index is 10.6. The Morgan fingerprint density at radius 2 is 2.36 bits per heavy atom. The summed E-state index contributed by atoms with van der Waals surface area (Å²) in [5, 5.41) is 7.96. The number of rotatable bonds is 6. The molecule has 0 fully saturated rings. The van der Waals surface area contributed by atoms with Crippen molar-refractivity contribution in [3.8, 4) is 0 Å². The molecule has 1 aromatic rings. The van der Waals surface area contributed by atoms with Crippen molar-refractivity contribution in [3.63, 3.8) is 0 Å². The summed E-state index contributed by atoms with van der Waals surface area (Å²) >= 11 is 1.57. The van der Waals surface area contributed by atoms with Gasteiger partial charge in [0, 0.05) is 17.6 Å². The van der Waals surface area contributed by atoms with Crippen LogP contribution in [-0.4, -0.2) is 25.7 Å².